The molecule has 0 fully saturated rings. The third-order valence-electron chi connectivity index (χ3n) is 4.93. The number of amides is 1. The normalized spacial score (nSPS) is 18.0. The Balaban J connectivity index is 1.44. The second-order valence-electron chi connectivity index (χ2n) is 6.77. The summed E-state index contributed by atoms with van der Waals surface area (Å²) >= 11 is 0. The fourth-order valence-corrected chi connectivity index (χ4v) is 3.53. The highest BCUT2D eigenvalue weighted by Crippen LogP contribution is 2.33. The number of benzene rings is 1. The Kier molecular flexibility index (Phi) is 6.78. The summed E-state index contributed by atoms with van der Waals surface area (Å²) in [6, 6.07) is 7.80. The molecule has 1 amide bonds. The highest BCUT2D eigenvalue weighted by atomic mass is 16.5. The van der Waals surface area contributed by atoms with Crippen molar-refractivity contribution in [3.8, 4) is 0 Å². The number of rotatable bonds is 12. The minimum atomic E-state index is -0.525. The molecule has 3 rings (SSSR count). The number of nitrogens with one attached hydrogen (secondary N) is 3. The lowest BCUT2D eigenvalue weighted by atomic mass is 10.1. The Morgan fingerprint density at radius 3 is 2.43 bits per heavy atom. The first-order chi connectivity index (χ1) is 13.7. The van der Waals surface area contributed by atoms with Crippen molar-refractivity contribution in [3.05, 3.63) is 55.8 Å². The first-order valence-electron chi connectivity index (χ1n) is 9.48. The van der Waals surface area contributed by atoms with Crippen molar-refractivity contribution in [2.45, 2.75) is 31.4 Å². The highest BCUT2D eigenvalue weighted by Gasteiger charge is 2.32. The minimum absolute atomic E-state index is 0.0213. The van der Waals surface area contributed by atoms with E-state index >= 15 is 0 Å². The van der Waals surface area contributed by atoms with E-state index in [1.165, 1.54) is 5.56 Å². The summed E-state index contributed by atoms with van der Waals surface area (Å²) in [5.74, 6) is 0. The van der Waals surface area contributed by atoms with Crippen LogP contribution in [0.2, 0.25) is 0 Å². The van der Waals surface area contributed by atoms with Crippen molar-refractivity contribution < 1.29 is 14.6 Å². The van der Waals surface area contributed by atoms with Crippen LogP contribution in [-0.2, 0) is 16.0 Å². The lowest BCUT2D eigenvalue weighted by Gasteiger charge is -2.20. The smallest absolute Gasteiger partial charge is 0.253 e. The van der Waals surface area contributed by atoms with Gasteiger partial charge >= 0.3 is 0 Å². The fraction of sp³-hybridized carbons (Fsp3) is 0.450. The highest BCUT2D eigenvalue weighted by molar-refractivity contribution is 5.73. The zero-order chi connectivity index (χ0) is 19.9. The van der Waals surface area contributed by atoms with E-state index in [-0.39, 0.29) is 18.8 Å². The van der Waals surface area contributed by atoms with E-state index in [4.69, 9.17) is 9.84 Å². The maximum atomic E-state index is 11.7. The largest absolute Gasteiger partial charge is 0.396 e. The molecule has 0 bridgehead atoms. The van der Waals surface area contributed by atoms with Gasteiger partial charge in [-0.1, -0.05) is 24.3 Å². The summed E-state index contributed by atoms with van der Waals surface area (Å²) in [5.41, 5.74) is 1.81. The predicted molar refractivity (Wildman–Crippen MR) is 106 cm³/mol. The summed E-state index contributed by atoms with van der Waals surface area (Å²) in [4.78, 5) is 34.2. The third-order valence-corrected chi connectivity index (χ3v) is 4.93. The monoisotopic (exact) mass is 387 g/mol. The second kappa shape index (κ2) is 9.48. The molecule has 2 aromatic rings. The number of hydrogen-bond donors (Lipinski definition) is 4. The van der Waals surface area contributed by atoms with Crippen LogP contribution in [0.25, 0.3) is 0 Å². The molecule has 1 aliphatic carbocycles. The molecular weight excluding hydrogens is 362 g/mol. The number of ether oxygens (including phenoxy) is 1. The van der Waals surface area contributed by atoms with Crippen molar-refractivity contribution in [1.29, 1.82) is 0 Å². The first kappa shape index (κ1) is 20.0. The zero-order valence-corrected chi connectivity index (χ0v) is 15.6. The van der Waals surface area contributed by atoms with Gasteiger partial charge in [0.05, 0.1) is 12.1 Å². The molecule has 0 aromatic heterocycles. The Labute approximate surface area is 162 Å². The van der Waals surface area contributed by atoms with Gasteiger partial charge in [-0.2, -0.15) is 0 Å². The van der Waals surface area contributed by atoms with E-state index in [1.807, 2.05) is 24.3 Å². The van der Waals surface area contributed by atoms with E-state index in [1.54, 1.807) is 0 Å². The van der Waals surface area contributed by atoms with Crippen molar-refractivity contribution in [2.24, 2.45) is 0 Å². The van der Waals surface area contributed by atoms with Gasteiger partial charge in [0.25, 0.3) is 10.9 Å². The predicted octanol–water partition coefficient (Wildman–Crippen LogP) is 0.308. The van der Waals surface area contributed by atoms with Crippen molar-refractivity contribution >= 4 is 17.8 Å². The van der Waals surface area contributed by atoms with Gasteiger partial charge in [0.1, 0.15) is 11.4 Å². The SMILES string of the molecule is O=CNC1c2ccccc2CC1OCCCNc1c(NCCCO)c(=O)c1=O. The number of fused-ring (bicyclic) bond motifs is 1. The van der Waals surface area contributed by atoms with Gasteiger partial charge in [-0.25, -0.2) is 0 Å². The molecule has 8 nitrogen and oxygen atoms in total. The molecule has 0 aliphatic heterocycles. The second-order valence-corrected chi connectivity index (χ2v) is 6.77. The Bertz CT molecular complexity index is 875. The molecule has 4 N–H and O–H groups in total. The van der Waals surface area contributed by atoms with Gasteiger partial charge in [0, 0.05) is 32.7 Å². The van der Waals surface area contributed by atoms with Crippen LogP contribution in [0, 0.1) is 0 Å². The molecule has 2 unspecified atom stereocenters. The van der Waals surface area contributed by atoms with Gasteiger partial charge in [0.15, 0.2) is 0 Å². The Hall–Kier alpha value is -2.71. The summed E-state index contributed by atoms with van der Waals surface area (Å²) in [5, 5.41) is 17.5. The van der Waals surface area contributed by atoms with Crippen LogP contribution in [0.5, 0.6) is 0 Å². The number of anilines is 2. The molecule has 2 atom stereocenters. The van der Waals surface area contributed by atoms with Crippen molar-refractivity contribution in [3.63, 3.8) is 0 Å². The van der Waals surface area contributed by atoms with Crippen molar-refractivity contribution in [2.75, 3.05) is 36.9 Å². The molecule has 0 radical (unpaired) electrons. The molecule has 0 saturated heterocycles. The molecule has 8 heteroatoms. The lowest BCUT2D eigenvalue weighted by Crippen LogP contribution is -2.38. The topological polar surface area (TPSA) is 117 Å². The van der Waals surface area contributed by atoms with Gasteiger partial charge in [-0.3, -0.25) is 14.4 Å². The van der Waals surface area contributed by atoms with Gasteiger partial charge in [-0.15, -0.1) is 0 Å². The molecule has 28 heavy (non-hydrogen) atoms. The van der Waals surface area contributed by atoms with Crippen LogP contribution >= 0.6 is 0 Å². The minimum Gasteiger partial charge on any atom is -0.396 e. The van der Waals surface area contributed by atoms with Crippen LogP contribution in [0.3, 0.4) is 0 Å². The number of aliphatic hydroxyl groups excluding tert-OH is 1. The van der Waals surface area contributed by atoms with Gasteiger partial charge in [-0.05, 0) is 24.0 Å². The molecule has 150 valence electrons. The quantitative estimate of drug-likeness (QED) is 0.235. The van der Waals surface area contributed by atoms with Gasteiger partial charge in [0.2, 0.25) is 6.41 Å². The molecule has 0 saturated carbocycles. The Morgan fingerprint density at radius 2 is 1.75 bits per heavy atom. The fourth-order valence-electron chi connectivity index (χ4n) is 3.53. The maximum Gasteiger partial charge on any atom is 0.253 e. The first-order valence-corrected chi connectivity index (χ1v) is 9.48. The van der Waals surface area contributed by atoms with Crippen LogP contribution in [0.4, 0.5) is 11.4 Å². The standard InChI is InChI=1S/C20H25N3O5/c24-9-3-7-21-17-18(20(27)19(17)26)22-8-4-10-28-15-11-13-5-1-2-6-14(13)16(15)23-12-25/h1-2,5-6,12,15-16,21-22,24H,3-4,7-11H2,(H,23,25). The molecule has 1 aliphatic rings. The van der Waals surface area contributed by atoms with Crippen LogP contribution in [0.1, 0.15) is 30.0 Å². The van der Waals surface area contributed by atoms with E-state index < -0.39 is 10.9 Å². The lowest BCUT2D eigenvalue weighted by molar-refractivity contribution is -0.111. The molecule has 0 heterocycles. The van der Waals surface area contributed by atoms with E-state index in [2.05, 4.69) is 16.0 Å². The summed E-state index contributed by atoms with van der Waals surface area (Å²) in [6.45, 7) is 1.41. The summed E-state index contributed by atoms with van der Waals surface area (Å²) < 4.78 is 5.97. The van der Waals surface area contributed by atoms with E-state index in [0.29, 0.717) is 50.3 Å². The average molecular weight is 387 g/mol. The third kappa shape index (κ3) is 4.23. The maximum absolute atomic E-state index is 11.7. The number of carbonyl (C=O) groups is 1. The average Bonchev–Trinajstić information content (AvgIpc) is 3.06. The Morgan fingerprint density at radius 1 is 1.07 bits per heavy atom. The number of carbonyl (C=O) groups excluding carboxylic acids is 1. The van der Waals surface area contributed by atoms with Crippen LogP contribution in [0.15, 0.2) is 33.9 Å². The molecule has 2 aromatic carbocycles. The number of hydrogen-bond acceptors (Lipinski definition) is 7. The molecular formula is C20H25N3O5. The van der Waals surface area contributed by atoms with E-state index in [9.17, 15) is 14.4 Å². The zero-order valence-electron chi connectivity index (χ0n) is 15.6. The van der Waals surface area contributed by atoms with Gasteiger partial charge < -0.3 is 25.8 Å². The van der Waals surface area contributed by atoms with E-state index in [0.717, 1.165) is 12.0 Å². The summed E-state index contributed by atoms with van der Waals surface area (Å²) in [6.07, 6.45) is 2.47. The van der Waals surface area contributed by atoms with Crippen LogP contribution in [-0.4, -0.2) is 43.9 Å². The van der Waals surface area contributed by atoms with Crippen LogP contribution < -0.4 is 26.8 Å². The van der Waals surface area contributed by atoms with Crippen molar-refractivity contribution in [1.82, 2.24) is 5.32 Å². The summed E-state index contributed by atoms with van der Waals surface area (Å²) in [7, 11) is 0. The number of aliphatic hydroxyl groups is 1. The molecule has 0 spiro atoms.